The van der Waals surface area contributed by atoms with Crippen LogP contribution in [0.1, 0.15) is 26.3 Å². The summed E-state index contributed by atoms with van der Waals surface area (Å²) in [5.41, 5.74) is 3.58. The van der Waals surface area contributed by atoms with Crippen LogP contribution in [-0.2, 0) is 0 Å². The van der Waals surface area contributed by atoms with Crippen LogP contribution in [0.4, 0.5) is 5.69 Å². The van der Waals surface area contributed by atoms with Crippen LogP contribution in [0.15, 0.2) is 87.0 Å². The van der Waals surface area contributed by atoms with Crippen LogP contribution in [0.3, 0.4) is 0 Å². The van der Waals surface area contributed by atoms with E-state index in [1.165, 1.54) is 20.9 Å². The van der Waals surface area contributed by atoms with E-state index in [1.54, 1.807) is 23.5 Å². The molecule has 0 aromatic heterocycles. The minimum Gasteiger partial charge on any atom is -0.241 e. The predicted molar refractivity (Wildman–Crippen MR) is 118 cm³/mol. The van der Waals surface area contributed by atoms with E-state index in [0.717, 1.165) is 10.7 Å². The van der Waals surface area contributed by atoms with Crippen LogP contribution in [0.2, 0.25) is 0 Å². The second-order valence-electron chi connectivity index (χ2n) is 7.23. The number of aryl methyl sites for hydroxylation is 1. The first-order valence-corrected chi connectivity index (χ1v) is 10.5. The van der Waals surface area contributed by atoms with Crippen LogP contribution in [-0.4, -0.2) is 5.04 Å². The Morgan fingerprint density at radius 1 is 1.08 bits per heavy atom. The summed E-state index contributed by atoms with van der Waals surface area (Å²) in [6, 6.07) is 18.9. The Balaban J connectivity index is 1.98. The van der Waals surface area contributed by atoms with Gasteiger partial charge in [-0.3, -0.25) is 0 Å². The highest BCUT2D eigenvalue weighted by Crippen LogP contribution is 2.51. The second-order valence-corrected chi connectivity index (χ2v) is 9.25. The lowest BCUT2D eigenvalue weighted by atomic mass is 9.76. The Morgan fingerprint density at radius 3 is 2.38 bits per heavy atom. The maximum Gasteiger partial charge on any atom is 0.105 e. The lowest BCUT2D eigenvalue weighted by Gasteiger charge is -2.40. The van der Waals surface area contributed by atoms with E-state index < -0.39 is 0 Å². The highest BCUT2D eigenvalue weighted by molar-refractivity contribution is 8.18. The van der Waals surface area contributed by atoms with E-state index in [4.69, 9.17) is 4.99 Å². The Labute approximate surface area is 165 Å². The van der Waals surface area contributed by atoms with Gasteiger partial charge in [0.25, 0.3) is 0 Å². The summed E-state index contributed by atoms with van der Waals surface area (Å²) in [7, 11) is 0. The van der Waals surface area contributed by atoms with E-state index >= 15 is 0 Å². The molecule has 1 atom stereocenters. The molecule has 0 bridgehead atoms. The maximum absolute atomic E-state index is 4.96. The fraction of sp³-hybridized carbons (Fsp3) is 0.261. The number of hydrogen-bond acceptors (Lipinski definition) is 3. The summed E-state index contributed by atoms with van der Waals surface area (Å²) >= 11 is 3.48. The van der Waals surface area contributed by atoms with Crippen LogP contribution in [0.25, 0.3) is 0 Å². The van der Waals surface area contributed by atoms with Crippen molar-refractivity contribution in [3.05, 3.63) is 82.6 Å². The first kappa shape index (κ1) is 19.1. The van der Waals surface area contributed by atoms with Crippen LogP contribution >= 0.6 is 23.5 Å². The third-order valence-electron chi connectivity index (χ3n) is 5.06. The molecule has 2 aromatic rings. The van der Waals surface area contributed by atoms with Gasteiger partial charge in [0.1, 0.15) is 5.04 Å². The van der Waals surface area contributed by atoms with E-state index in [-0.39, 0.29) is 5.41 Å². The molecule has 1 saturated heterocycles. The average molecular weight is 380 g/mol. The number of nitrogens with zero attached hydrogens (tertiary/aromatic N) is 1. The molecule has 1 heterocycles. The van der Waals surface area contributed by atoms with Crippen molar-refractivity contribution >= 4 is 34.3 Å². The van der Waals surface area contributed by atoms with Gasteiger partial charge < -0.3 is 0 Å². The van der Waals surface area contributed by atoms with Crippen molar-refractivity contribution in [2.45, 2.75) is 32.6 Å². The molecular formula is C23H25NS2. The zero-order valence-electron chi connectivity index (χ0n) is 15.8. The van der Waals surface area contributed by atoms with Crippen molar-refractivity contribution < 1.29 is 0 Å². The summed E-state index contributed by atoms with van der Waals surface area (Å²) in [6.45, 7) is 13.3. The Kier molecular flexibility index (Phi) is 5.79. The quantitative estimate of drug-likeness (QED) is 0.508. The van der Waals surface area contributed by atoms with Crippen molar-refractivity contribution in [2.24, 2.45) is 16.3 Å². The molecule has 134 valence electrons. The number of aliphatic imine (C=N–C) groups is 1. The van der Waals surface area contributed by atoms with Gasteiger partial charge >= 0.3 is 0 Å². The van der Waals surface area contributed by atoms with Gasteiger partial charge in [0.15, 0.2) is 0 Å². The van der Waals surface area contributed by atoms with Crippen molar-refractivity contribution in [3.8, 4) is 0 Å². The number of thioether (sulfide) groups is 2. The number of benzene rings is 2. The molecule has 1 nitrogen and oxygen atoms in total. The molecule has 3 heteroatoms. The minimum absolute atomic E-state index is 0.0417. The predicted octanol–water partition coefficient (Wildman–Crippen LogP) is 7.62. The molecule has 2 aromatic carbocycles. The van der Waals surface area contributed by atoms with Crippen molar-refractivity contribution in [1.82, 2.24) is 0 Å². The largest absolute Gasteiger partial charge is 0.241 e. The van der Waals surface area contributed by atoms with Gasteiger partial charge in [-0.05, 0) is 53.0 Å². The molecule has 3 rings (SSSR count). The van der Waals surface area contributed by atoms with Crippen LogP contribution in [0.5, 0.6) is 0 Å². The molecule has 1 aliphatic heterocycles. The maximum atomic E-state index is 4.96. The lowest BCUT2D eigenvalue weighted by Crippen LogP contribution is -2.31. The Bertz CT molecular complexity index is 846. The van der Waals surface area contributed by atoms with Crippen molar-refractivity contribution in [2.75, 3.05) is 0 Å². The minimum atomic E-state index is 0.0417. The zero-order valence-corrected chi connectivity index (χ0v) is 17.5. The summed E-state index contributed by atoms with van der Waals surface area (Å²) in [5.74, 6) is 0.358. The SMILES string of the molecule is C=C1SC(=N\c2ccc(C)cc2)/C(=C/Sc2ccccc2)C(C)C1(C)C. The number of allylic oxidation sites excluding steroid dienone is 1. The molecule has 1 unspecified atom stereocenters. The van der Waals surface area contributed by atoms with E-state index in [1.807, 2.05) is 6.07 Å². The summed E-state index contributed by atoms with van der Waals surface area (Å²) < 4.78 is 0. The molecule has 1 fully saturated rings. The first-order chi connectivity index (χ1) is 12.4. The van der Waals surface area contributed by atoms with Gasteiger partial charge in [0, 0.05) is 10.3 Å². The molecule has 0 radical (unpaired) electrons. The molecule has 0 saturated carbocycles. The Morgan fingerprint density at radius 2 is 1.73 bits per heavy atom. The van der Waals surface area contributed by atoms with Gasteiger partial charge in [-0.1, -0.05) is 86.8 Å². The standard InChI is InChI=1S/C23H25NS2/c1-16-11-13-19(14-12-16)24-22-21(15-25-20-9-7-6-8-10-20)17(2)23(4,5)18(3)26-22/h6-15,17H,3H2,1-2,4-5H3/b21-15+,24-22-. The molecular weight excluding hydrogens is 354 g/mol. The van der Waals surface area contributed by atoms with E-state index in [9.17, 15) is 0 Å². The topological polar surface area (TPSA) is 12.4 Å². The fourth-order valence-electron chi connectivity index (χ4n) is 2.73. The van der Waals surface area contributed by atoms with Crippen LogP contribution in [0, 0.1) is 18.3 Å². The third-order valence-corrected chi connectivity index (χ3v) is 7.27. The van der Waals surface area contributed by atoms with Crippen molar-refractivity contribution in [1.29, 1.82) is 0 Å². The highest BCUT2D eigenvalue weighted by atomic mass is 32.2. The highest BCUT2D eigenvalue weighted by Gasteiger charge is 2.39. The van der Waals surface area contributed by atoms with Crippen LogP contribution < -0.4 is 0 Å². The molecule has 0 spiro atoms. The lowest BCUT2D eigenvalue weighted by molar-refractivity contribution is 0.352. The molecule has 0 amide bonds. The monoisotopic (exact) mass is 379 g/mol. The second kappa shape index (κ2) is 7.89. The van der Waals surface area contributed by atoms with Crippen molar-refractivity contribution in [3.63, 3.8) is 0 Å². The molecule has 0 N–H and O–H groups in total. The smallest absolute Gasteiger partial charge is 0.105 e. The average Bonchev–Trinajstić information content (AvgIpc) is 2.63. The Hall–Kier alpha value is -1.71. The summed E-state index contributed by atoms with van der Waals surface area (Å²) in [5, 5.41) is 3.34. The van der Waals surface area contributed by atoms with Gasteiger partial charge in [-0.15, -0.1) is 0 Å². The molecule has 0 aliphatic carbocycles. The van der Waals surface area contributed by atoms with Gasteiger partial charge in [-0.2, -0.15) is 0 Å². The fourth-order valence-corrected chi connectivity index (χ4v) is 4.88. The summed E-state index contributed by atoms with van der Waals surface area (Å²) in [6.07, 6.45) is 0. The molecule has 26 heavy (non-hydrogen) atoms. The zero-order chi connectivity index (χ0) is 18.7. The number of hydrogen-bond donors (Lipinski definition) is 0. The van der Waals surface area contributed by atoms with E-state index in [0.29, 0.717) is 5.92 Å². The summed E-state index contributed by atoms with van der Waals surface area (Å²) in [4.78, 5) is 7.38. The number of rotatable bonds is 3. The normalized spacial score (nSPS) is 22.8. The van der Waals surface area contributed by atoms with Gasteiger partial charge in [0.2, 0.25) is 0 Å². The third kappa shape index (κ3) is 4.16. The first-order valence-electron chi connectivity index (χ1n) is 8.82. The van der Waals surface area contributed by atoms with Gasteiger partial charge in [0.05, 0.1) is 5.69 Å². The van der Waals surface area contributed by atoms with E-state index in [2.05, 4.69) is 88.2 Å². The van der Waals surface area contributed by atoms with Gasteiger partial charge in [-0.25, -0.2) is 4.99 Å². The molecule has 1 aliphatic rings.